The average Bonchev–Trinajstić information content (AvgIpc) is 2.20. The molecule has 0 aromatic carbocycles. The van der Waals surface area contributed by atoms with Crippen LogP contribution in [0.4, 0.5) is 0 Å². The Morgan fingerprint density at radius 2 is 2.00 bits per heavy atom. The molecular formula is C10H19O+. The van der Waals surface area contributed by atoms with Crippen molar-refractivity contribution in [2.45, 2.75) is 46.1 Å². The van der Waals surface area contributed by atoms with Crippen molar-refractivity contribution in [2.24, 2.45) is 16.7 Å². The van der Waals surface area contributed by atoms with Gasteiger partial charge in [-0.25, -0.2) is 0 Å². The summed E-state index contributed by atoms with van der Waals surface area (Å²) in [7, 11) is 0. The van der Waals surface area contributed by atoms with E-state index in [-0.39, 0.29) is 12.9 Å². The number of fused-ring (bicyclic) bond motifs is 2. The summed E-state index contributed by atoms with van der Waals surface area (Å²) in [5.41, 5.74) is 0.601. The number of hydrogen-bond donors (Lipinski definition) is 1. The minimum atomic E-state index is -0.0313. The van der Waals surface area contributed by atoms with E-state index in [9.17, 15) is 5.11 Å². The number of rotatable bonds is 0. The average molecular weight is 155 g/mol. The Bertz CT molecular complexity index is 190. The van der Waals surface area contributed by atoms with Crippen LogP contribution in [0, 0.1) is 16.7 Å². The minimum absolute atomic E-state index is 0. The van der Waals surface area contributed by atoms with Crippen LogP contribution in [0.5, 0.6) is 0 Å². The lowest BCUT2D eigenvalue weighted by atomic mass is 9.70. The van der Waals surface area contributed by atoms with Crippen LogP contribution < -0.4 is 0 Å². The van der Waals surface area contributed by atoms with Crippen molar-refractivity contribution in [1.29, 1.82) is 0 Å². The van der Waals surface area contributed by atoms with Gasteiger partial charge in [0.1, 0.15) is 0 Å². The lowest BCUT2D eigenvalue weighted by molar-refractivity contribution is 0.0126. The van der Waals surface area contributed by atoms with Crippen molar-refractivity contribution in [2.75, 3.05) is 0 Å². The van der Waals surface area contributed by atoms with Crippen LogP contribution in [0.3, 0.4) is 0 Å². The summed E-state index contributed by atoms with van der Waals surface area (Å²) in [6, 6.07) is 0. The van der Waals surface area contributed by atoms with E-state index < -0.39 is 0 Å². The molecule has 0 radical (unpaired) electrons. The summed E-state index contributed by atoms with van der Waals surface area (Å²) < 4.78 is 0. The molecule has 0 aromatic heterocycles. The topological polar surface area (TPSA) is 20.2 Å². The van der Waals surface area contributed by atoms with Crippen LogP contribution in [0.2, 0.25) is 0 Å². The molecular weight excluding hydrogens is 136 g/mol. The molecule has 0 aliphatic heterocycles. The highest BCUT2D eigenvalue weighted by Gasteiger charge is 2.60. The van der Waals surface area contributed by atoms with Crippen LogP contribution in [-0.2, 0) is 0 Å². The normalized spacial score (nSPS) is 53.5. The van der Waals surface area contributed by atoms with Gasteiger partial charge in [0.15, 0.2) is 0 Å². The van der Waals surface area contributed by atoms with Crippen molar-refractivity contribution in [3.63, 3.8) is 0 Å². The van der Waals surface area contributed by atoms with Gasteiger partial charge in [-0.2, -0.15) is 0 Å². The first-order chi connectivity index (χ1) is 4.98. The predicted octanol–water partition coefficient (Wildman–Crippen LogP) is 2.31. The molecule has 1 nitrogen and oxygen atoms in total. The van der Waals surface area contributed by atoms with Gasteiger partial charge in [0.2, 0.25) is 0 Å². The van der Waals surface area contributed by atoms with Crippen LogP contribution in [0.15, 0.2) is 0 Å². The van der Waals surface area contributed by atoms with E-state index in [2.05, 4.69) is 20.8 Å². The zero-order valence-electron chi connectivity index (χ0n) is 8.72. The third kappa shape index (κ3) is 0.658. The fraction of sp³-hybridized carbons (Fsp3) is 1.00. The summed E-state index contributed by atoms with van der Waals surface area (Å²) in [4.78, 5) is 0. The largest absolute Gasteiger partial charge is 1.00 e. The van der Waals surface area contributed by atoms with Gasteiger partial charge in [0.05, 0.1) is 6.10 Å². The molecule has 1 heteroatoms. The molecule has 2 bridgehead atoms. The molecule has 11 heavy (non-hydrogen) atoms. The Morgan fingerprint density at radius 3 is 2.18 bits per heavy atom. The van der Waals surface area contributed by atoms with Gasteiger partial charge in [-0.3, -0.25) is 0 Å². The zero-order chi connectivity index (χ0) is 8.28. The summed E-state index contributed by atoms with van der Waals surface area (Å²) in [5, 5.41) is 9.81. The van der Waals surface area contributed by atoms with Crippen LogP contribution in [0.1, 0.15) is 41.5 Å². The van der Waals surface area contributed by atoms with E-state index in [1.807, 2.05) is 0 Å². The molecule has 0 heterocycles. The van der Waals surface area contributed by atoms with E-state index in [1.54, 1.807) is 0 Å². The Kier molecular flexibility index (Phi) is 1.26. The van der Waals surface area contributed by atoms with E-state index in [0.717, 1.165) is 12.3 Å². The van der Waals surface area contributed by atoms with E-state index in [1.165, 1.54) is 12.8 Å². The number of aliphatic hydroxyl groups is 1. The number of aliphatic hydroxyl groups excluding tert-OH is 1. The van der Waals surface area contributed by atoms with Gasteiger partial charge in [0, 0.05) is 0 Å². The second kappa shape index (κ2) is 1.82. The van der Waals surface area contributed by atoms with E-state index >= 15 is 0 Å². The molecule has 2 aliphatic carbocycles. The molecule has 2 saturated carbocycles. The van der Waals surface area contributed by atoms with E-state index in [0.29, 0.717) is 5.41 Å². The van der Waals surface area contributed by atoms with Gasteiger partial charge >= 0.3 is 1.43 Å². The molecule has 3 atom stereocenters. The lowest BCUT2D eigenvalue weighted by Gasteiger charge is -2.36. The Labute approximate surface area is 70.3 Å². The molecule has 0 amide bonds. The highest BCUT2D eigenvalue weighted by atomic mass is 16.3. The third-order valence-corrected chi connectivity index (χ3v) is 4.75. The van der Waals surface area contributed by atoms with Crippen LogP contribution in [-0.4, -0.2) is 11.2 Å². The Hall–Kier alpha value is -0.0400. The monoisotopic (exact) mass is 155 g/mol. The quantitative estimate of drug-likeness (QED) is 0.569. The molecule has 2 rings (SSSR count). The summed E-state index contributed by atoms with van der Waals surface area (Å²) in [6.45, 7) is 6.90. The second-order valence-electron chi connectivity index (χ2n) is 5.13. The summed E-state index contributed by atoms with van der Waals surface area (Å²) >= 11 is 0. The van der Waals surface area contributed by atoms with Gasteiger partial charge in [-0.15, -0.1) is 0 Å². The molecule has 0 spiro atoms. The lowest BCUT2D eigenvalue weighted by Crippen LogP contribution is -2.35. The highest BCUT2D eigenvalue weighted by molar-refractivity contribution is 5.10. The summed E-state index contributed by atoms with van der Waals surface area (Å²) in [6.07, 6.45) is 3.58. The number of hydrogen-bond acceptors (Lipinski definition) is 1. The Balaban J connectivity index is 0.000000720. The first kappa shape index (κ1) is 7.60. The standard InChI is InChI=1S/C10H18O/c1-9(2)7-4-5-10(9,3)8(11)6-7/h7-8,11H,4-6H2,1-3H3/p+1/t7-,8+,10-/m1/s1. The predicted molar refractivity (Wildman–Crippen MR) is 46.3 cm³/mol. The maximum absolute atomic E-state index is 9.81. The smallest absolute Gasteiger partial charge is 0.393 e. The van der Waals surface area contributed by atoms with Gasteiger partial charge in [-0.1, -0.05) is 20.8 Å². The molecule has 2 aliphatic rings. The molecule has 2 fully saturated rings. The van der Waals surface area contributed by atoms with Crippen molar-refractivity contribution in [3.05, 3.63) is 0 Å². The molecule has 64 valence electrons. The van der Waals surface area contributed by atoms with Gasteiger partial charge in [-0.05, 0) is 36.0 Å². The third-order valence-electron chi connectivity index (χ3n) is 4.75. The summed E-state index contributed by atoms with van der Waals surface area (Å²) in [5.74, 6) is 0.780. The van der Waals surface area contributed by atoms with Gasteiger partial charge < -0.3 is 5.11 Å². The Morgan fingerprint density at radius 1 is 1.36 bits per heavy atom. The molecule has 0 saturated heterocycles. The first-order valence-corrected chi connectivity index (χ1v) is 4.66. The minimum Gasteiger partial charge on any atom is -0.393 e. The van der Waals surface area contributed by atoms with E-state index in [4.69, 9.17) is 0 Å². The maximum Gasteiger partial charge on any atom is 1.00 e. The van der Waals surface area contributed by atoms with Crippen LogP contribution >= 0.6 is 0 Å². The SMILES string of the molecule is CC1(C)[C@@H]2CC[C@]1(C)[C@@H](O)C2.[H+]. The fourth-order valence-corrected chi connectivity index (χ4v) is 3.16. The molecule has 1 N–H and O–H groups in total. The van der Waals surface area contributed by atoms with Crippen molar-refractivity contribution in [3.8, 4) is 0 Å². The highest BCUT2D eigenvalue weighted by Crippen LogP contribution is 2.65. The zero-order valence-corrected chi connectivity index (χ0v) is 7.72. The van der Waals surface area contributed by atoms with Crippen molar-refractivity contribution in [1.82, 2.24) is 0 Å². The van der Waals surface area contributed by atoms with Crippen LogP contribution in [0.25, 0.3) is 0 Å². The fourth-order valence-electron chi connectivity index (χ4n) is 3.16. The van der Waals surface area contributed by atoms with Crippen molar-refractivity contribution < 1.29 is 6.53 Å². The first-order valence-electron chi connectivity index (χ1n) is 4.66. The molecule has 0 unspecified atom stereocenters. The maximum atomic E-state index is 9.81. The molecule has 0 aromatic rings. The van der Waals surface area contributed by atoms with Gasteiger partial charge in [0.25, 0.3) is 0 Å². The second-order valence-corrected chi connectivity index (χ2v) is 5.13. The van der Waals surface area contributed by atoms with Crippen molar-refractivity contribution >= 4 is 0 Å².